The summed E-state index contributed by atoms with van der Waals surface area (Å²) in [5, 5.41) is 4.18. The van der Waals surface area contributed by atoms with Gasteiger partial charge in [0.25, 0.3) is 0 Å². The van der Waals surface area contributed by atoms with E-state index in [1.165, 1.54) is 0 Å². The highest BCUT2D eigenvalue weighted by atomic mass is 16.7. The number of nitrogens with one attached hydrogen (secondary N) is 2. The number of fused-ring (bicyclic) bond motifs is 1. The minimum Gasteiger partial charge on any atom is -0.458 e. The zero-order chi connectivity index (χ0) is 29.9. The van der Waals surface area contributed by atoms with E-state index in [1.807, 2.05) is 65.1 Å². The van der Waals surface area contributed by atoms with Gasteiger partial charge in [-0.3, -0.25) is 9.78 Å². The van der Waals surface area contributed by atoms with Crippen LogP contribution in [0.3, 0.4) is 0 Å². The van der Waals surface area contributed by atoms with Crippen molar-refractivity contribution in [3.63, 3.8) is 0 Å². The van der Waals surface area contributed by atoms with Crippen molar-refractivity contribution in [2.24, 2.45) is 11.7 Å². The normalized spacial score (nSPS) is 17.3. The molecule has 4 rings (SSSR count). The smallest absolute Gasteiger partial charge is 0.224 e. The third kappa shape index (κ3) is 7.97. The number of aryl methyl sites for hydroxylation is 2. The maximum atomic E-state index is 13.3. The molecule has 8 heteroatoms. The van der Waals surface area contributed by atoms with Crippen molar-refractivity contribution < 1.29 is 18.8 Å². The molecular weight excluding hydrogens is 516 g/mol. The number of hydroxylamine groups is 1. The Labute approximate surface area is 244 Å². The quantitative estimate of drug-likeness (QED) is 0.238. The molecule has 0 fully saturated rings. The van der Waals surface area contributed by atoms with Crippen LogP contribution >= 0.6 is 0 Å². The molecule has 41 heavy (non-hydrogen) atoms. The predicted molar refractivity (Wildman–Crippen MR) is 162 cm³/mol. The SMILES string of the molecule is CC1=C(C(OCC(C)(C)N)c2cc3cc(CC(=O)NC(CCC(C)C)c4ncc(C)cc4C)ccc3o2)C(C)NO1. The molecule has 3 heterocycles. The van der Waals surface area contributed by atoms with Crippen molar-refractivity contribution in [3.8, 4) is 0 Å². The molecule has 4 N–H and O–H groups in total. The molecule has 0 aliphatic carbocycles. The number of ether oxygens (including phenoxy) is 1. The fourth-order valence-corrected chi connectivity index (χ4v) is 5.29. The summed E-state index contributed by atoms with van der Waals surface area (Å²) in [5.41, 5.74) is 14.5. The van der Waals surface area contributed by atoms with E-state index in [0.717, 1.165) is 57.5 Å². The topological polar surface area (TPSA) is 112 Å². The number of carbonyl (C=O) groups excluding carboxylic acids is 1. The largest absolute Gasteiger partial charge is 0.458 e. The minimum absolute atomic E-state index is 0.0289. The van der Waals surface area contributed by atoms with Gasteiger partial charge in [-0.1, -0.05) is 26.0 Å². The van der Waals surface area contributed by atoms with Gasteiger partial charge >= 0.3 is 0 Å². The van der Waals surface area contributed by atoms with Gasteiger partial charge in [-0.15, -0.1) is 0 Å². The highest BCUT2D eigenvalue weighted by Crippen LogP contribution is 2.37. The summed E-state index contributed by atoms with van der Waals surface area (Å²) in [6.45, 7) is 16.6. The van der Waals surface area contributed by atoms with Gasteiger partial charge in [0.2, 0.25) is 5.91 Å². The number of amides is 1. The molecule has 1 aromatic carbocycles. The van der Waals surface area contributed by atoms with Gasteiger partial charge < -0.3 is 25.0 Å². The summed E-state index contributed by atoms with van der Waals surface area (Å²) < 4.78 is 12.6. The van der Waals surface area contributed by atoms with Crippen molar-refractivity contribution in [2.45, 2.75) is 98.4 Å². The zero-order valence-electron chi connectivity index (χ0n) is 25.8. The second kappa shape index (κ2) is 12.8. The van der Waals surface area contributed by atoms with E-state index >= 15 is 0 Å². The Morgan fingerprint density at radius 2 is 1.93 bits per heavy atom. The monoisotopic (exact) mass is 562 g/mol. The lowest BCUT2D eigenvalue weighted by molar-refractivity contribution is -0.121. The number of benzene rings is 1. The maximum Gasteiger partial charge on any atom is 0.224 e. The molecule has 0 radical (unpaired) electrons. The summed E-state index contributed by atoms with van der Waals surface area (Å²) in [5.74, 6) is 1.95. The first kappa shape index (κ1) is 30.8. The Kier molecular flexibility index (Phi) is 9.57. The Hall–Kier alpha value is -3.20. The molecule has 0 saturated carbocycles. The van der Waals surface area contributed by atoms with E-state index in [0.29, 0.717) is 18.3 Å². The summed E-state index contributed by atoms with van der Waals surface area (Å²) in [6, 6.07) is 9.82. The number of allylic oxidation sites excluding steroid dienone is 1. The van der Waals surface area contributed by atoms with Crippen LogP contribution in [0.2, 0.25) is 0 Å². The standard InChI is InChI=1S/C33H46N4O4/c1-19(2)9-11-26(31-21(4)13-20(3)17-35-31)36-29(38)15-24-10-12-27-25(14-24)16-28(40-27)32(39-18-33(7,8)34)30-22(5)37-41-23(30)6/h10,12-14,16-17,19,22,26,32,37H,9,11,15,18,34H2,1-8H3,(H,36,38). The molecule has 222 valence electrons. The highest BCUT2D eigenvalue weighted by molar-refractivity contribution is 5.83. The number of hydrogen-bond acceptors (Lipinski definition) is 7. The number of hydrogen-bond donors (Lipinski definition) is 3. The van der Waals surface area contributed by atoms with Gasteiger partial charge in [0.15, 0.2) is 0 Å². The number of nitrogens with two attached hydrogens (primary N) is 1. The molecule has 0 bridgehead atoms. The second-order valence-corrected chi connectivity index (χ2v) is 12.6. The molecule has 1 aliphatic heterocycles. The summed E-state index contributed by atoms with van der Waals surface area (Å²) in [6.07, 6.45) is 3.54. The van der Waals surface area contributed by atoms with Crippen molar-refractivity contribution in [2.75, 3.05) is 6.61 Å². The van der Waals surface area contributed by atoms with Crippen LogP contribution in [0.25, 0.3) is 11.0 Å². The number of rotatable bonds is 12. The van der Waals surface area contributed by atoms with Crippen molar-refractivity contribution in [3.05, 3.63) is 76.0 Å². The van der Waals surface area contributed by atoms with E-state index in [2.05, 4.69) is 42.6 Å². The van der Waals surface area contributed by atoms with Crippen LogP contribution in [0.5, 0.6) is 0 Å². The lowest BCUT2D eigenvalue weighted by Gasteiger charge is -2.25. The van der Waals surface area contributed by atoms with Gasteiger partial charge in [0.05, 0.1) is 30.8 Å². The first-order valence-electron chi connectivity index (χ1n) is 14.6. The average molecular weight is 563 g/mol. The highest BCUT2D eigenvalue weighted by Gasteiger charge is 2.33. The van der Waals surface area contributed by atoms with Gasteiger partial charge in [-0.25, -0.2) is 0 Å². The van der Waals surface area contributed by atoms with E-state index in [-0.39, 0.29) is 24.4 Å². The van der Waals surface area contributed by atoms with Gasteiger partial charge in [-0.05, 0) is 95.2 Å². The number of aromatic nitrogens is 1. The van der Waals surface area contributed by atoms with Gasteiger partial charge in [-0.2, -0.15) is 5.48 Å². The van der Waals surface area contributed by atoms with Crippen LogP contribution in [0.15, 0.2) is 52.3 Å². The van der Waals surface area contributed by atoms with Gasteiger partial charge in [0.1, 0.15) is 23.2 Å². The van der Waals surface area contributed by atoms with Crippen molar-refractivity contribution in [1.82, 2.24) is 15.8 Å². The number of carbonyl (C=O) groups is 1. The van der Waals surface area contributed by atoms with Crippen LogP contribution in [-0.4, -0.2) is 29.1 Å². The fourth-order valence-electron chi connectivity index (χ4n) is 5.29. The minimum atomic E-state index is -0.505. The van der Waals surface area contributed by atoms with E-state index in [9.17, 15) is 4.79 Å². The van der Waals surface area contributed by atoms with Crippen LogP contribution in [0, 0.1) is 19.8 Å². The fraction of sp³-hybridized carbons (Fsp3) is 0.515. The number of nitrogens with zero attached hydrogens (tertiary/aromatic N) is 1. The molecule has 0 saturated heterocycles. The van der Waals surface area contributed by atoms with E-state index in [1.54, 1.807) is 0 Å². The molecule has 8 nitrogen and oxygen atoms in total. The second-order valence-electron chi connectivity index (χ2n) is 12.6. The van der Waals surface area contributed by atoms with Crippen LogP contribution in [0.1, 0.15) is 94.7 Å². The number of pyridine rings is 1. The zero-order valence-corrected chi connectivity index (χ0v) is 25.8. The predicted octanol–water partition coefficient (Wildman–Crippen LogP) is 6.27. The molecule has 3 aromatic rings. The molecule has 3 unspecified atom stereocenters. The Morgan fingerprint density at radius 3 is 2.56 bits per heavy atom. The first-order valence-corrected chi connectivity index (χ1v) is 14.6. The third-order valence-corrected chi connectivity index (χ3v) is 7.34. The van der Waals surface area contributed by atoms with Crippen LogP contribution in [0.4, 0.5) is 0 Å². The number of furan rings is 1. The summed E-state index contributed by atoms with van der Waals surface area (Å²) >= 11 is 0. The van der Waals surface area contributed by atoms with Crippen LogP contribution in [-0.2, 0) is 20.8 Å². The lowest BCUT2D eigenvalue weighted by Crippen LogP contribution is -2.38. The molecule has 1 aliphatic rings. The Bertz CT molecular complexity index is 1400. The molecular formula is C33H46N4O4. The van der Waals surface area contributed by atoms with E-state index in [4.69, 9.17) is 19.7 Å². The summed E-state index contributed by atoms with van der Waals surface area (Å²) in [7, 11) is 0. The molecule has 1 amide bonds. The van der Waals surface area contributed by atoms with Crippen molar-refractivity contribution in [1.29, 1.82) is 0 Å². The molecule has 2 aromatic heterocycles. The van der Waals surface area contributed by atoms with Crippen molar-refractivity contribution >= 4 is 16.9 Å². The first-order chi connectivity index (χ1) is 19.3. The Balaban J connectivity index is 1.54. The van der Waals surface area contributed by atoms with Gasteiger partial charge in [0, 0.05) is 22.7 Å². The lowest BCUT2D eigenvalue weighted by atomic mass is 9.97. The molecule has 3 atom stereocenters. The molecule has 0 spiro atoms. The third-order valence-electron chi connectivity index (χ3n) is 7.34. The van der Waals surface area contributed by atoms with E-state index < -0.39 is 11.6 Å². The van der Waals surface area contributed by atoms with Crippen LogP contribution < -0.4 is 16.5 Å². The maximum absolute atomic E-state index is 13.3. The average Bonchev–Trinajstić information content (AvgIpc) is 3.44. The Morgan fingerprint density at radius 1 is 1.17 bits per heavy atom. The summed E-state index contributed by atoms with van der Waals surface area (Å²) in [4.78, 5) is 23.5.